The Kier molecular flexibility index (Phi) is 6.48. The number of nitrogens with zero attached hydrogens (tertiary/aromatic N) is 6. The second kappa shape index (κ2) is 9.65. The van der Waals surface area contributed by atoms with E-state index in [4.69, 9.17) is 16.7 Å². The molecule has 9 nitrogen and oxygen atoms in total. The lowest BCUT2D eigenvalue weighted by atomic mass is 9.60. The number of carbonyl (C=O) groups excluding carboxylic acids is 2. The zero-order chi connectivity index (χ0) is 28.5. The van der Waals surface area contributed by atoms with E-state index in [-0.39, 0.29) is 29.3 Å². The molecule has 1 spiro atoms. The molecule has 1 N–H and O–H groups in total. The van der Waals surface area contributed by atoms with Gasteiger partial charge in [-0.3, -0.25) is 19.4 Å². The molecule has 212 valence electrons. The van der Waals surface area contributed by atoms with Crippen LogP contribution in [0.5, 0.6) is 0 Å². The highest BCUT2D eigenvalue weighted by atomic mass is 35.5. The summed E-state index contributed by atoms with van der Waals surface area (Å²) < 4.78 is 2.20. The Morgan fingerprint density at radius 1 is 1.18 bits per heavy atom. The highest BCUT2D eigenvalue weighted by Gasteiger charge is 2.54. The van der Waals surface area contributed by atoms with Crippen molar-refractivity contribution in [2.45, 2.75) is 59.5 Å². The predicted octanol–water partition coefficient (Wildman–Crippen LogP) is 4.74. The molecule has 40 heavy (non-hydrogen) atoms. The molecule has 3 aliphatic rings. The van der Waals surface area contributed by atoms with Gasteiger partial charge < -0.3 is 14.7 Å². The molecule has 2 aliphatic heterocycles. The number of aromatic nitrogens is 4. The third-order valence-electron chi connectivity index (χ3n) is 9.37. The molecule has 6 rings (SSSR count). The molecule has 2 aromatic heterocycles. The number of benzene rings is 1. The number of nitrogens with one attached hydrogen (secondary N) is 1. The first-order valence-corrected chi connectivity index (χ1v) is 14.6. The molecular formula is C30H38ClN7O2. The Balaban J connectivity index is 1.43. The van der Waals surface area contributed by atoms with E-state index in [1.54, 1.807) is 6.92 Å². The van der Waals surface area contributed by atoms with Crippen LogP contribution >= 0.6 is 11.6 Å². The molecule has 10 heteroatoms. The number of carbonyl (C=O) groups is 2. The van der Waals surface area contributed by atoms with Crippen molar-refractivity contribution < 1.29 is 9.59 Å². The Labute approximate surface area is 240 Å². The molecule has 3 aromatic rings. The van der Waals surface area contributed by atoms with Crippen LogP contribution in [0.25, 0.3) is 22.0 Å². The van der Waals surface area contributed by atoms with Crippen LogP contribution in [-0.4, -0.2) is 80.4 Å². The molecule has 3 fully saturated rings. The third kappa shape index (κ3) is 4.12. The van der Waals surface area contributed by atoms with E-state index in [0.717, 1.165) is 65.0 Å². The number of piperazine rings is 1. The van der Waals surface area contributed by atoms with Gasteiger partial charge in [0, 0.05) is 67.3 Å². The quantitative estimate of drug-likeness (QED) is 0.453. The van der Waals surface area contributed by atoms with Gasteiger partial charge in [-0.2, -0.15) is 10.2 Å². The second-order valence-electron chi connectivity index (χ2n) is 12.4. The van der Waals surface area contributed by atoms with Crippen molar-refractivity contribution in [2.24, 2.45) is 11.3 Å². The Bertz CT molecular complexity index is 1510. The fraction of sp³-hybridized carbons (Fsp3) is 0.533. The molecule has 0 bridgehead atoms. The van der Waals surface area contributed by atoms with E-state index in [1.165, 1.54) is 6.08 Å². The van der Waals surface area contributed by atoms with Crippen molar-refractivity contribution in [1.29, 1.82) is 0 Å². The van der Waals surface area contributed by atoms with Gasteiger partial charge in [-0.15, -0.1) is 0 Å². The molecular weight excluding hydrogens is 526 g/mol. The van der Waals surface area contributed by atoms with Gasteiger partial charge in [-0.25, -0.2) is 0 Å². The Hall–Kier alpha value is -3.33. The maximum Gasteiger partial charge on any atom is 0.245 e. The zero-order valence-electron chi connectivity index (χ0n) is 24.0. The smallest absolute Gasteiger partial charge is 0.245 e. The minimum Gasteiger partial charge on any atom is -0.348 e. The molecule has 1 aromatic carbocycles. The van der Waals surface area contributed by atoms with Crippen molar-refractivity contribution >= 4 is 40.1 Å². The molecule has 1 saturated carbocycles. The van der Waals surface area contributed by atoms with Gasteiger partial charge in [0.05, 0.1) is 28.8 Å². The monoisotopic (exact) mass is 563 g/mol. The SMILES string of the molecule is C=CC(=O)N1CC2(CC(n3nc(N4CCN(C(C)=O)C[C@@H]4C(C)C)c(-c4c(Cl)c(C)cc5[nH]ncc45)c3C)C2)C1. The number of amides is 2. The molecule has 1 atom stereocenters. The topological polar surface area (TPSA) is 90.4 Å². The van der Waals surface area contributed by atoms with Crippen LogP contribution in [0.1, 0.15) is 50.9 Å². The first-order chi connectivity index (χ1) is 19.0. The molecule has 2 amide bonds. The van der Waals surface area contributed by atoms with Gasteiger partial charge in [0.15, 0.2) is 5.82 Å². The van der Waals surface area contributed by atoms with Crippen LogP contribution in [0.2, 0.25) is 5.02 Å². The van der Waals surface area contributed by atoms with E-state index < -0.39 is 0 Å². The minimum absolute atomic E-state index is 0.0107. The van der Waals surface area contributed by atoms with Crippen LogP contribution < -0.4 is 4.90 Å². The van der Waals surface area contributed by atoms with Gasteiger partial charge >= 0.3 is 0 Å². The van der Waals surface area contributed by atoms with Gasteiger partial charge in [-0.1, -0.05) is 32.0 Å². The van der Waals surface area contributed by atoms with Crippen molar-refractivity contribution in [1.82, 2.24) is 29.8 Å². The normalized spacial score (nSPS) is 20.8. The molecule has 0 unspecified atom stereocenters. The number of hydrogen-bond donors (Lipinski definition) is 1. The highest BCUT2D eigenvalue weighted by molar-refractivity contribution is 6.36. The summed E-state index contributed by atoms with van der Waals surface area (Å²) in [5.41, 5.74) is 5.19. The largest absolute Gasteiger partial charge is 0.348 e. The van der Waals surface area contributed by atoms with Crippen LogP contribution in [0.4, 0.5) is 5.82 Å². The summed E-state index contributed by atoms with van der Waals surface area (Å²) in [6.45, 7) is 17.5. The number of halogens is 1. The summed E-state index contributed by atoms with van der Waals surface area (Å²) in [6.07, 6.45) is 5.23. The summed E-state index contributed by atoms with van der Waals surface area (Å²) in [6, 6.07) is 2.42. The molecule has 1 aliphatic carbocycles. The van der Waals surface area contributed by atoms with Crippen molar-refractivity contribution in [3.63, 3.8) is 0 Å². The fourth-order valence-electron chi connectivity index (χ4n) is 7.15. The van der Waals surface area contributed by atoms with Crippen molar-refractivity contribution in [3.8, 4) is 11.1 Å². The number of hydrogen-bond acceptors (Lipinski definition) is 5. The number of aryl methyl sites for hydroxylation is 1. The lowest BCUT2D eigenvalue weighted by molar-refractivity contribution is -0.149. The van der Waals surface area contributed by atoms with Crippen molar-refractivity contribution in [3.05, 3.63) is 41.2 Å². The first-order valence-electron chi connectivity index (χ1n) is 14.2. The summed E-state index contributed by atoms with van der Waals surface area (Å²) >= 11 is 7.09. The fourth-order valence-corrected chi connectivity index (χ4v) is 7.40. The summed E-state index contributed by atoms with van der Waals surface area (Å²) in [4.78, 5) is 30.6. The number of aromatic amines is 1. The number of likely N-dealkylation sites (tertiary alicyclic amines) is 1. The number of H-pyrrole nitrogens is 1. The average Bonchev–Trinajstić information content (AvgIpc) is 3.47. The number of rotatable bonds is 5. The van der Waals surface area contributed by atoms with E-state index in [9.17, 15) is 9.59 Å². The average molecular weight is 564 g/mol. The summed E-state index contributed by atoms with van der Waals surface area (Å²) in [7, 11) is 0. The zero-order valence-corrected chi connectivity index (χ0v) is 24.8. The highest BCUT2D eigenvalue weighted by Crippen LogP contribution is 2.55. The van der Waals surface area contributed by atoms with Crippen LogP contribution in [0.15, 0.2) is 24.9 Å². The van der Waals surface area contributed by atoms with E-state index in [2.05, 4.69) is 47.1 Å². The summed E-state index contributed by atoms with van der Waals surface area (Å²) in [5.74, 6) is 1.36. The second-order valence-corrected chi connectivity index (χ2v) is 12.8. The number of fused-ring (bicyclic) bond motifs is 1. The maximum absolute atomic E-state index is 12.3. The third-order valence-corrected chi connectivity index (χ3v) is 9.86. The summed E-state index contributed by atoms with van der Waals surface area (Å²) in [5, 5.41) is 14.5. The van der Waals surface area contributed by atoms with Crippen LogP contribution in [0.3, 0.4) is 0 Å². The van der Waals surface area contributed by atoms with Gasteiger partial charge in [0.25, 0.3) is 0 Å². The lowest BCUT2D eigenvalue weighted by Gasteiger charge is -2.58. The molecule has 2 saturated heterocycles. The van der Waals surface area contributed by atoms with Gasteiger partial charge in [0.2, 0.25) is 11.8 Å². The standard InChI is InChI=1S/C30H38ClN7O2/c1-7-25(40)36-15-30(16-36)11-21(12-30)38-19(5)26(27-22-13-32-33-23(22)10-18(4)28(27)31)29(34-38)37-9-8-35(20(6)39)14-24(37)17(2)3/h7,10,13,17,21,24H,1,8-9,11-12,14-16H2,2-6H3,(H,32,33)/t24-/m1/s1. The first kappa shape index (κ1) is 26.9. The maximum atomic E-state index is 12.3. The number of anilines is 1. The van der Waals surface area contributed by atoms with Crippen molar-refractivity contribution in [2.75, 3.05) is 37.6 Å². The van der Waals surface area contributed by atoms with E-state index >= 15 is 0 Å². The minimum atomic E-state index is 0.0107. The Morgan fingerprint density at radius 2 is 1.90 bits per heavy atom. The van der Waals surface area contributed by atoms with Gasteiger partial charge in [-0.05, 0) is 50.3 Å². The van der Waals surface area contributed by atoms with Crippen LogP contribution in [0, 0.1) is 25.2 Å². The van der Waals surface area contributed by atoms with Crippen LogP contribution in [-0.2, 0) is 9.59 Å². The lowest BCUT2D eigenvalue weighted by Crippen LogP contribution is -2.63. The van der Waals surface area contributed by atoms with E-state index in [0.29, 0.717) is 30.6 Å². The van der Waals surface area contributed by atoms with Gasteiger partial charge in [0.1, 0.15) is 0 Å². The van der Waals surface area contributed by atoms with E-state index in [1.807, 2.05) is 29.0 Å². The molecule has 0 radical (unpaired) electrons. The Morgan fingerprint density at radius 3 is 2.55 bits per heavy atom. The predicted molar refractivity (Wildman–Crippen MR) is 158 cm³/mol. The molecule has 4 heterocycles.